The topological polar surface area (TPSA) is 23.6 Å². The number of thioether (sulfide) groups is 1. The summed E-state index contributed by atoms with van der Waals surface area (Å²) >= 11 is 1.59. The lowest BCUT2D eigenvalue weighted by Gasteiger charge is -2.37. The molecule has 1 saturated heterocycles. The summed E-state index contributed by atoms with van der Waals surface area (Å²) in [6, 6.07) is 0. The van der Waals surface area contributed by atoms with Gasteiger partial charge in [0.2, 0.25) is 5.91 Å². The van der Waals surface area contributed by atoms with E-state index in [1.165, 1.54) is 5.70 Å². The third-order valence-corrected chi connectivity index (χ3v) is 3.66. The Kier molecular flexibility index (Phi) is 6.78. The van der Waals surface area contributed by atoms with Crippen molar-refractivity contribution < 1.29 is 4.79 Å². The molecule has 106 valence electrons. The summed E-state index contributed by atoms with van der Waals surface area (Å²) in [6.45, 7) is 11.5. The molecular formula is C15H24N2OS. The summed E-state index contributed by atoms with van der Waals surface area (Å²) in [5, 5.41) is 0. The number of allylic oxidation sites excluding steroid dienone is 4. The van der Waals surface area contributed by atoms with Crippen LogP contribution in [0.3, 0.4) is 0 Å². The van der Waals surface area contributed by atoms with Gasteiger partial charge in [0.25, 0.3) is 0 Å². The second kappa shape index (κ2) is 8.10. The highest BCUT2D eigenvalue weighted by molar-refractivity contribution is 7.99. The minimum atomic E-state index is 0.251. The van der Waals surface area contributed by atoms with E-state index in [1.54, 1.807) is 11.8 Å². The average molecular weight is 280 g/mol. The standard InChI is InChI=1S/C15H24N2OS/c1-5-6-7-14(13(2)3)16-8-10-17(11-9-16)15(18)12-19-4/h5-7H,2,8-12H2,1,3-4H3/b6-5-,14-7+. The van der Waals surface area contributed by atoms with Gasteiger partial charge in [-0.15, -0.1) is 0 Å². The maximum absolute atomic E-state index is 11.8. The molecule has 0 radical (unpaired) electrons. The van der Waals surface area contributed by atoms with Gasteiger partial charge in [-0.05, 0) is 31.8 Å². The zero-order valence-corrected chi connectivity index (χ0v) is 13.0. The van der Waals surface area contributed by atoms with Gasteiger partial charge in [0.15, 0.2) is 0 Å². The highest BCUT2D eigenvalue weighted by Gasteiger charge is 2.21. The number of amides is 1. The van der Waals surface area contributed by atoms with Crippen molar-refractivity contribution in [3.05, 3.63) is 36.1 Å². The zero-order chi connectivity index (χ0) is 14.3. The Morgan fingerprint density at radius 1 is 1.26 bits per heavy atom. The van der Waals surface area contributed by atoms with Crippen LogP contribution in [0.5, 0.6) is 0 Å². The number of carbonyl (C=O) groups excluding carboxylic acids is 1. The molecule has 0 aromatic carbocycles. The molecule has 0 aromatic heterocycles. The SMILES string of the molecule is C=C(C)/C(=C\C=C/C)N1CCN(C(=O)CSC)CC1. The molecule has 4 heteroatoms. The van der Waals surface area contributed by atoms with Gasteiger partial charge in [-0.3, -0.25) is 4.79 Å². The highest BCUT2D eigenvalue weighted by atomic mass is 32.2. The Bertz CT molecular complexity index is 380. The van der Waals surface area contributed by atoms with Gasteiger partial charge in [0.1, 0.15) is 0 Å². The number of hydrogen-bond acceptors (Lipinski definition) is 3. The lowest BCUT2D eigenvalue weighted by Crippen LogP contribution is -2.48. The first-order chi connectivity index (χ1) is 9.10. The van der Waals surface area contributed by atoms with Crippen molar-refractivity contribution in [1.29, 1.82) is 0 Å². The van der Waals surface area contributed by atoms with Gasteiger partial charge >= 0.3 is 0 Å². The van der Waals surface area contributed by atoms with Crippen molar-refractivity contribution in [2.75, 3.05) is 38.2 Å². The number of piperazine rings is 1. The van der Waals surface area contributed by atoms with Crippen molar-refractivity contribution in [2.45, 2.75) is 13.8 Å². The first-order valence-electron chi connectivity index (χ1n) is 6.60. The lowest BCUT2D eigenvalue weighted by atomic mass is 10.1. The van der Waals surface area contributed by atoms with E-state index in [4.69, 9.17) is 0 Å². The van der Waals surface area contributed by atoms with E-state index < -0.39 is 0 Å². The minimum absolute atomic E-state index is 0.251. The molecule has 0 N–H and O–H groups in total. The first-order valence-corrected chi connectivity index (χ1v) is 8.00. The Hall–Kier alpha value is -1.16. The molecule has 0 unspecified atom stereocenters. The summed E-state index contributed by atoms with van der Waals surface area (Å²) in [6.07, 6.45) is 8.12. The maximum Gasteiger partial charge on any atom is 0.232 e. The first kappa shape index (κ1) is 15.9. The van der Waals surface area contributed by atoms with Gasteiger partial charge in [0, 0.05) is 31.9 Å². The highest BCUT2D eigenvalue weighted by Crippen LogP contribution is 2.16. The summed E-state index contributed by atoms with van der Waals surface area (Å²) in [5.41, 5.74) is 2.25. The summed E-state index contributed by atoms with van der Waals surface area (Å²) < 4.78 is 0. The molecule has 19 heavy (non-hydrogen) atoms. The second-order valence-electron chi connectivity index (χ2n) is 4.66. The van der Waals surface area contributed by atoms with Crippen LogP contribution in [0.15, 0.2) is 36.1 Å². The average Bonchev–Trinajstić information content (AvgIpc) is 2.40. The Balaban J connectivity index is 2.61. The molecule has 1 aliphatic rings. The third kappa shape index (κ3) is 4.78. The molecule has 0 atom stereocenters. The van der Waals surface area contributed by atoms with Gasteiger partial charge in [-0.25, -0.2) is 0 Å². The van der Waals surface area contributed by atoms with E-state index in [2.05, 4.69) is 17.6 Å². The van der Waals surface area contributed by atoms with Crippen molar-refractivity contribution in [1.82, 2.24) is 9.80 Å². The van der Waals surface area contributed by atoms with Gasteiger partial charge < -0.3 is 9.80 Å². The normalized spacial score (nSPS) is 17.1. The molecule has 0 saturated carbocycles. The molecule has 1 rings (SSSR count). The van der Waals surface area contributed by atoms with E-state index in [-0.39, 0.29) is 5.91 Å². The summed E-state index contributed by atoms with van der Waals surface area (Å²) in [7, 11) is 0. The van der Waals surface area contributed by atoms with Crippen molar-refractivity contribution in [3.63, 3.8) is 0 Å². The molecule has 3 nitrogen and oxygen atoms in total. The molecule has 1 fully saturated rings. The van der Waals surface area contributed by atoms with Gasteiger partial charge in [-0.1, -0.05) is 18.7 Å². The quantitative estimate of drug-likeness (QED) is 0.723. The summed E-state index contributed by atoms with van der Waals surface area (Å²) in [4.78, 5) is 16.1. The third-order valence-electron chi connectivity index (χ3n) is 3.12. The van der Waals surface area contributed by atoms with E-state index in [9.17, 15) is 4.79 Å². The van der Waals surface area contributed by atoms with Crippen molar-refractivity contribution >= 4 is 17.7 Å². The van der Waals surface area contributed by atoms with Crippen LogP contribution in [0.25, 0.3) is 0 Å². The second-order valence-corrected chi connectivity index (χ2v) is 5.52. The van der Waals surface area contributed by atoms with Crippen LogP contribution in [0.2, 0.25) is 0 Å². The predicted molar refractivity (Wildman–Crippen MR) is 84.2 cm³/mol. The van der Waals surface area contributed by atoms with Crippen LogP contribution in [0.4, 0.5) is 0 Å². The zero-order valence-electron chi connectivity index (χ0n) is 12.2. The smallest absolute Gasteiger partial charge is 0.232 e. The Morgan fingerprint density at radius 2 is 1.84 bits per heavy atom. The summed E-state index contributed by atoms with van der Waals surface area (Å²) in [5.74, 6) is 0.836. The van der Waals surface area contributed by atoms with Crippen LogP contribution in [0, 0.1) is 0 Å². The number of hydrogen-bond donors (Lipinski definition) is 0. The van der Waals surface area contributed by atoms with Crippen molar-refractivity contribution in [2.24, 2.45) is 0 Å². The fraction of sp³-hybridized carbons (Fsp3) is 0.533. The lowest BCUT2D eigenvalue weighted by molar-refractivity contribution is -0.129. The minimum Gasteiger partial charge on any atom is -0.368 e. The molecular weight excluding hydrogens is 256 g/mol. The molecule has 0 spiro atoms. The van der Waals surface area contributed by atoms with Gasteiger partial charge in [-0.2, -0.15) is 11.8 Å². The van der Waals surface area contributed by atoms with Crippen LogP contribution in [-0.2, 0) is 4.79 Å². The Labute approximate surface area is 121 Å². The van der Waals surface area contributed by atoms with E-state index in [1.807, 2.05) is 37.2 Å². The fourth-order valence-corrected chi connectivity index (χ4v) is 2.55. The van der Waals surface area contributed by atoms with Crippen molar-refractivity contribution in [3.8, 4) is 0 Å². The maximum atomic E-state index is 11.8. The van der Waals surface area contributed by atoms with Crippen LogP contribution < -0.4 is 0 Å². The largest absolute Gasteiger partial charge is 0.368 e. The Morgan fingerprint density at radius 3 is 2.32 bits per heavy atom. The molecule has 1 heterocycles. The van der Waals surface area contributed by atoms with Crippen LogP contribution in [0.1, 0.15) is 13.8 Å². The van der Waals surface area contributed by atoms with Crippen LogP contribution in [-0.4, -0.2) is 53.9 Å². The molecule has 1 aliphatic heterocycles. The van der Waals surface area contributed by atoms with Crippen LogP contribution >= 0.6 is 11.8 Å². The van der Waals surface area contributed by atoms with E-state index in [0.717, 1.165) is 31.8 Å². The molecule has 0 aromatic rings. The van der Waals surface area contributed by atoms with E-state index >= 15 is 0 Å². The number of carbonyl (C=O) groups is 1. The molecule has 1 amide bonds. The van der Waals surface area contributed by atoms with Gasteiger partial charge in [0.05, 0.1) is 5.75 Å². The fourth-order valence-electron chi connectivity index (χ4n) is 2.12. The monoisotopic (exact) mass is 280 g/mol. The predicted octanol–water partition coefficient (Wildman–Crippen LogP) is 2.53. The van der Waals surface area contributed by atoms with E-state index in [0.29, 0.717) is 5.75 Å². The molecule has 0 aliphatic carbocycles. The number of rotatable bonds is 5. The number of nitrogens with zero attached hydrogens (tertiary/aromatic N) is 2. The molecule has 0 bridgehead atoms.